The van der Waals surface area contributed by atoms with E-state index in [0.717, 1.165) is 34.2 Å². The summed E-state index contributed by atoms with van der Waals surface area (Å²) in [5, 5.41) is 10.4. The van der Waals surface area contributed by atoms with Gasteiger partial charge in [-0.15, -0.1) is 0 Å². The molecule has 216 valence electrons. The van der Waals surface area contributed by atoms with E-state index < -0.39 is 16.1 Å². The van der Waals surface area contributed by atoms with E-state index in [-0.39, 0.29) is 29.7 Å². The van der Waals surface area contributed by atoms with Gasteiger partial charge in [0.05, 0.1) is 20.0 Å². The second-order valence-electron chi connectivity index (χ2n) is 9.58. The summed E-state index contributed by atoms with van der Waals surface area (Å²) in [4.78, 5) is 52.3. The molecular formula is C30H26IN3O7S. The minimum Gasteiger partial charge on any atom is -0.490 e. The molecule has 10 nitrogen and oxygen atoms in total. The van der Waals surface area contributed by atoms with E-state index in [4.69, 9.17) is 9.47 Å². The second kappa shape index (κ2) is 12.9. The lowest BCUT2D eigenvalue weighted by atomic mass is 10.00. The van der Waals surface area contributed by atoms with E-state index in [1.807, 2.05) is 31.2 Å². The number of nitro benzene ring substituents is 1. The lowest BCUT2D eigenvalue weighted by Gasteiger charge is -2.29. The number of benzene rings is 3. The Balaban J connectivity index is 1.28. The lowest BCUT2D eigenvalue weighted by molar-refractivity contribution is -0.384. The molecule has 0 spiro atoms. The highest BCUT2D eigenvalue weighted by Crippen LogP contribution is 2.38. The maximum Gasteiger partial charge on any atom is 0.294 e. The van der Waals surface area contributed by atoms with E-state index in [9.17, 15) is 24.5 Å². The first-order chi connectivity index (χ1) is 20.2. The fourth-order valence-corrected chi connectivity index (χ4v) is 6.29. The number of nitrogens with zero attached hydrogens (tertiary/aromatic N) is 3. The van der Waals surface area contributed by atoms with Gasteiger partial charge in [-0.1, -0.05) is 24.3 Å². The van der Waals surface area contributed by atoms with Crippen molar-refractivity contribution in [1.29, 1.82) is 0 Å². The third kappa shape index (κ3) is 6.59. The van der Waals surface area contributed by atoms with Gasteiger partial charge < -0.3 is 14.4 Å². The summed E-state index contributed by atoms with van der Waals surface area (Å²) in [5.41, 5.74) is 3.67. The molecule has 42 heavy (non-hydrogen) atoms. The van der Waals surface area contributed by atoms with Crippen LogP contribution in [0.25, 0.3) is 6.08 Å². The molecule has 12 heteroatoms. The largest absolute Gasteiger partial charge is 0.490 e. The number of carbonyl (C=O) groups is 3. The van der Waals surface area contributed by atoms with E-state index in [1.165, 1.54) is 17.7 Å². The summed E-state index contributed by atoms with van der Waals surface area (Å²) < 4.78 is 12.5. The van der Waals surface area contributed by atoms with Gasteiger partial charge in [-0.05, 0) is 100 Å². The Bertz CT molecular complexity index is 1590. The predicted octanol–water partition coefficient (Wildman–Crippen LogP) is 5.80. The molecule has 0 bridgehead atoms. The quantitative estimate of drug-likeness (QED) is 0.119. The van der Waals surface area contributed by atoms with Gasteiger partial charge >= 0.3 is 0 Å². The van der Waals surface area contributed by atoms with Crippen LogP contribution in [-0.4, -0.2) is 51.5 Å². The van der Waals surface area contributed by atoms with Crippen LogP contribution >= 0.6 is 34.4 Å². The van der Waals surface area contributed by atoms with Gasteiger partial charge in [-0.3, -0.25) is 29.4 Å². The lowest BCUT2D eigenvalue weighted by Crippen LogP contribution is -2.44. The van der Waals surface area contributed by atoms with E-state index in [1.54, 1.807) is 35.2 Å². The number of imide groups is 1. The summed E-state index contributed by atoms with van der Waals surface area (Å²) in [6.07, 6.45) is 2.34. The van der Waals surface area contributed by atoms with Gasteiger partial charge in [0.15, 0.2) is 11.5 Å². The molecule has 0 aliphatic carbocycles. The van der Waals surface area contributed by atoms with Crippen molar-refractivity contribution in [3.63, 3.8) is 0 Å². The standard InChI is InChI=1S/C30H26IN3O7S/c1-2-40-25-14-20(13-24(31)28(25)41-18-19-7-9-23(10-8-19)34(38)39)15-26-29(36)33(30(37)42-26)17-27(35)32-12-11-21-5-3-4-6-22(21)16-32/h3-10,13-15H,2,11-12,16-18H2,1H3/b26-15+. The first kappa shape index (κ1) is 29.6. The van der Waals surface area contributed by atoms with Crippen molar-refractivity contribution < 1.29 is 28.8 Å². The molecule has 0 radical (unpaired) electrons. The zero-order valence-corrected chi connectivity index (χ0v) is 25.6. The molecule has 2 heterocycles. The molecular weight excluding hydrogens is 673 g/mol. The van der Waals surface area contributed by atoms with Gasteiger partial charge in [0.25, 0.3) is 16.8 Å². The molecule has 0 unspecified atom stereocenters. The van der Waals surface area contributed by atoms with Crippen molar-refractivity contribution in [2.75, 3.05) is 19.7 Å². The summed E-state index contributed by atoms with van der Waals surface area (Å²) >= 11 is 2.91. The summed E-state index contributed by atoms with van der Waals surface area (Å²) in [6.45, 7) is 3.07. The number of fused-ring (bicyclic) bond motifs is 1. The Morgan fingerprint density at radius 3 is 2.55 bits per heavy atom. The number of halogens is 1. The molecule has 0 saturated carbocycles. The Labute approximate surface area is 259 Å². The molecule has 1 fully saturated rings. The zero-order valence-electron chi connectivity index (χ0n) is 22.6. The van der Waals surface area contributed by atoms with Gasteiger partial charge in [-0.2, -0.15) is 0 Å². The van der Waals surface area contributed by atoms with Crippen LogP contribution in [0.15, 0.2) is 65.6 Å². The van der Waals surface area contributed by atoms with Crippen LogP contribution in [0, 0.1) is 13.7 Å². The Kier molecular flexibility index (Phi) is 9.12. The number of amides is 3. The van der Waals surface area contributed by atoms with Crippen LogP contribution in [0.3, 0.4) is 0 Å². The van der Waals surface area contributed by atoms with E-state index in [2.05, 4.69) is 22.6 Å². The minimum absolute atomic E-state index is 0.00117. The van der Waals surface area contributed by atoms with Crippen LogP contribution < -0.4 is 9.47 Å². The van der Waals surface area contributed by atoms with Crippen LogP contribution in [0.1, 0.15) is 29.2 Å². The normalized spacial score (nSPS) is 15.6. The highest BCUT2D eigenvalue weighted by molar-refractivity contribution is 14.1. The molecule has 3 aromatic carbocycles. The third-order valence-electron chi connectivity index (χ3n) is 6.81. The highest BCUT2D eigenvalue weighted by Gasteiger charge is 2.37. The van der Waals surface area contributed by atoms with Crippen molar-refractivity contribution in [2.45, 2.75) is 26.5 Å². The summed E-state index contributed by atoms with van der Waals surface area (Å²) in [5.74, 6) is 0.171. The van der Waals surface area contributed by atoms with Gasteiger partial charge in [-0.25, -0.2) is 0 Å². The van der Waals surface area contributed by atoms with Crippen molar-refractivity contribution in [3.8, 4) is 11.5 Å². The first-order valence-corrected chi connectivity index (χ1v) is 15.1. The molecule has 2 aliphatic heterocycles. The molecule has 3 aromatic rings. The number of hydrogen-bond donors (Lipinski definition) is 0. The number of thioether (sulfide) groups is 1. The molecule has 0 N–H and O–H groups in total. The molecule has 3 amide bonds. The Morgan fingerprint density at radius 1 is 1.10 bits per heavy atom. The Morgan fingerprint density at radius 2 is 1.83 bits per heavy atom. The second-order valence-corrected chi connectivity index (χ2v) is 11.7. The van der Waals surface area contributed by atoms with Crippen molar-refractivity contribution in [1.82, 2.24) is 9.80 Å². The predicted molar refractivity (Wildman–Crippen MR) is 166 cm³/mol. The van der Waals surface area contributed by atoms with Crippen LogP contribution in [0.2, 0.25) is 0 Å². The van der Waals surface area contributed by atoms with Crippen molar-refractivity contribution in [3.05, 3.63) is 102 Å². The van der Waals surface area contributed by atoms with Crippen LogP contribution in [-0.2, 0) is 29.2 Å². The molecule has 0 atom stereocenters. The van der Waals surface area contributed by atoms with Crippen LogP contribution in [0.4, 0.5) is 10.5 Å². The molecule has 1 saturated heterocycles. The maximum atomic E-state index is 13.2. The van der Waals surface area contributed by atoms with E-state index in [0.29, 0.717) is 40.3 Å². The average molecular weight is 700 g/mol. The number of non-ortho nitro benzene ring substituents is 1. The SMILES string of the molecule is CCOc1cc(/C=C2/SC(=O)N(CC(=O)N3CCc4ccccc4C3)C2=O)cc(I)c1OCc1ccc([N+](=O)[O-])cc1. The van der Waals surface area contributed by atoms with Crippen molar-refractivity contribution >= 4 is 63.2 Å². The smallest absolute Gasteiger partial charge is 0.294 e. The fourth-order valence-electron chi connectivity index (χ4n) is 4.68. The number of carbonyl (C=O) groups excluding carboxylic acids is 3. The maximum absolute atomic E-state index is 13.2. The first-order valence-electron chi connectivity index (χ1n) is 13.2. The minimum atomic E-state index is -0.512. The third-order valence-corrected chi connectivity index (χ3v) is 8.52. The van der Waals surface area contributed by atoms with Crippen LogP contribution in [0.5, 0.6) is 11.5 Å². The number of ether oxygens (including phenoxy) is 2. The monoisotopic (exact) mass is 699 g/mol. The molecule has 2 aliphatic rings. The van der Waals surface area contributed by atoms with E-state index >= 15 is 0 Å². The van der Waals surface area contributed by atoms with Gasteiger partial charge in [0, 0.05) is 25.2 Å². The Hall–Kier alpha value is -3.91. The summed E-state index contributed by atoms with van der Waals surface area (Å²) in [7, 11) is 0. The number of nitro groups is 1. The fraction of sp³-hybridized carbons (Fsp3) is 0.233. The number of hydrogen-bond acceptors (Lipinski definition) is 8. The van der Waals surface area contributed by atoms with Crippen molar-refractivity contribution in [2.24, 2.45) is 0 Å². The van der Waals surface area contributed by atoms with Gasteiger partial charge in [0.1, 0.15) is 13.2 Å². The molecule has 0 aromatic heterocycles. The molecule has 5 rings (SSSR count). The average Bonchev–Trinajstić information content (AvgIpc) is 3.24. The van der Waals surface area contributed by atoms with Gasteiger partial charge in [0.2, 0.25) is 5.91 Å². The summed E-state index contributed by atoms with van der Waals surface area (Å²) in [6, 6.07) is 17.6. The topological polar surface area (TPSA) is 119 Å². The number of rotatable bonds is 9. The zero-order chi connectivity index (χ0) is 29.8. The highest BCUT2D eigenvalue weighted by atomic mass is 127.